The van der Waals surface area contributed by atoms with Gasteiger partial charge in [-0.3, -0.25) is 14.2 Å². The van der Waals surface area contributed by atoms with Gasteiger partial charge in [-0.1, -0.05) is 168 Å². The maximum Gasteiger partial charge on any atom is 0.306 e. The van der Waals surface area contributed by atoms with Crippen LogP contribution >= 0.6 is 7.82 Å². The van der Waals surface area contributed by atoms with Gasteiger partial charge in [-0.2, -0.15) is 0 Å². The minimum Gasteiger partial charge on any atom is -0.756 e. The monoisotopic (exact) mass is 734 g/mol. The van der Waals surface area contributed by atoms with Gasteiger partial charge in [0.05, 0.1) is 27.7 Å². The summed E-state index contributed by atoms with van der Waals surface area (Å²) in [4.78, 5) is 37.4. The van der Waals surface area contributed by atoms with Gasteiger partial charge in [-0.25, -0.2) is 0 Å². The number of hydrogen-bond donors (Lipinski definition) is 0. The Morgan fingerprint density at radius 1 is 0.540 bits per heavy atom. The highest BCUT2D eigenvalue weighted by Crippen LogP contribution is 2.38. The average Bonchev–Trinajstić information content (AvgIpc) is 3.06. The lowest BCUT2D eigenvalue weighted by Crippen LogP contribution is -2.37. The molecule has 0 rings (SSSR count). The summed E-state index contributed by atoms with van der Waals surface area (Å²) in [6.45, 7) is 4.24. The van der Waals surface area contributed by atoms with Crippen LogP contribution in [0.3, 0.4) is 0 Å². The summed E-state index contributed by atoms with van der Waals surface area (Å²) < 4.78 is 33.8. The maximum atomic E-state index is 12.6. The molecule has 2 unspecified atom stereocenters. The van der Waals surface area contributed by atoms with Gasteiger partial charge in [0, 0.05) is 12.8 Å². The summed E-state index contributed by atoms with van der Waals surface area (Å²) in [5.41, 5.74) is 0. The van der Waals surface area contributed by atoms with E-state index >= 15 is 0 Å². The highest BCUT2D eigenvalue weighted by molar-refractivity contribution is 7.45. The minimum absolute atomic E-state index is 0.0259. The quantitative estimate of drug-likeness (QED) is 0.0267. The van der Waals surface area contributed by atoms with Gasteiger partial charge in [-0.05, 0) is 12.8 Å². The van der Waals surface area contributed by atoms with E-state index in [9.17, 15) is 19.0 Å². The molecule has 0 N–H and O–H groups in total. The summed E-state index contributed by atoms with van der Waals surface area (Å²) in [6.07, 6.45) is 31.2. The van der Waals surface area contributed by atoms with Crippen molar-refractivity contribution in [3.63, 3.8) is 0 Å². The Bertz CT molecular complexity index is 835. The Balaban J connectivity index is 4.36. The van der Waals surface area contributed by atoms with Crippen molar-refractivity contribution >= 4 is 19.8 Å². The van der Waals surface area contributed by atoms with E-state index in [1.165, 1.54) is 128 Å². The largest absolute Gasteiger partial charge is 0.756 e. The zero-order chi connectivity index (χ0) is 37.2. The predicted molar refractivity (Wildman–Crippen MR) is 204 cm³/mol. The lowest BCUT2D eigenvalue weighted by atomic mass is 10.0. The Labute approximate surface area is 308 Å². The third kappa shape index (κ3) is 36.8. The topological polar surface area (TPSA) is 111 Å². The number of quaternary nitrogens is 1. The second-order valence-corrected chi connectivity index (χ2v) is 16.8. The molecule has 0 fully saturated rings. The normalized spacial score (nSPS) is 13.6. The van der Waals surface area contributed by atoms with Crippen molar-refractivity contribution in [2.75, 3.05) is 47.5 Å². The molecule has 9 nitrogen and oxygen atoms in total. The van der Waals surface area contributed by atoms with Gasteiger partial charge in [0.25, 0.3) is 7.82 Å². The van der Waals surface area contributed by atoms with Crippen molar-refractivity contribution in [2.45, 2.75) is 200 Å². The van der Waals surface area contributed by atoms with Crippen LogP contribution in [0.2, 0.25) is 0 Å². The Morgan fingerprint density at radius 2 is 0.900 bits per heavy atom. The molecule has 0 aromatic carbocycles. The van der Waals surface area contributed by atoms with Gasteiger partial charge in [0.1, 0.15) is 19.8 Å². The molecule has 50 heavy (non-hydrogen) atoms. The van der Waals surface area contributed by atoms with Gasteiger partial charge in [-0.15, -0.1) is 0 Å². The molecule has 2 atom stereocenters. The Kier molecular flexibility index (Phi) is 33.2. The summed E-state index contributed by atoms with van der Waals surface area (Å²) in [6, 6.07) is 0. The van der Waals surface area contributed by atoms with Crippen molar-refractivity contribution in [2.24, 2.45) is 0 Å². The lowest BCUT2D eigenvalue weighted by molar-refractivity contribution is -0.870. The van der Waals surface area contributed by atoms with Crippen LogP contribution in [0.5, 0.6) is 0 Å². The van der Waals surface area contributed by atoms with Crippen LogP contribution in [-0.2, 0) is 32.7 Å². The van der Waals surface area contributed by atoms with Gasteiger partial charge < -0.3 is 27.9 Å². The van der Waals surface area contributed by atoms with E-state index < -0.39 is 26.5 Å². The molecule has 0 aliphatic heterocycles. The number of nitrogens with zero attached hydrogens (tertiary/aromatic N) is 1. The fraction of sp³-hybridized carbons (Fsp3) is 0.950. The SMILES string of the molecule is CCCCCCCCCCCCCCCCC(=O)OC(COC(=O)CCCCCCCCCCCCCC)COP(=O)([O-])OCC[N+](C)(C)C. The molecule has 298 valence electrons. The second-order valence-electron chi connectivity index (χ2n) is 15.4. The molecule has 0 aliphatic carbocycles. The van der Waals surface area contributed by atoms with Crippen LogP contribution in [0.15, 0.2) is 0 Å². The fourth-order valence-electron chi connectivity index (χ4n) is 5.83. The van der Waals surface area contributed by atoms with Crippen LogP contribution in [0.1, 0.15) is 194 Å². The van der Waals surface area contributed by atoms with Crippen LogP contribution in [0.25, 0.3) is 0 Å². The molecule has 0 amide bonds. The van der Waals surface area contributed by atoms with Crippen molar-refractivity contribution in [1.29, 1.82) is 0 Å². The number of hydrogen-bond acceptors (Lipinski definition) is 8. The number of likely N-dealkylation sites (N-methyl/N-ethyl adjacent to an activating group) is 1. The van der Waals surface area contributed by atoms with E-state index in [4.69, 9.17) is 18.5 Å². The summed E-state index contributed by atoms with van der Waals surface area (Å²) in [7, 11) is 1.18. The number of carbonyl (C=O) groups is 2. The first-order valence-corrected chi connectivity index (χ1v) is 22.2. The van der Waals surface area contributed by atoms with E-state index in [-0.39, 0.29) is 32.0 Å². The van der Waals surface area contributed by atoms with E-state index in [2.05, 4.69) is 13.8 Å². The fourth-order valence-corrected chi connectivity index (χ4v) is 6.56. The van der Waals surface area contributed by atoms with Crippen LogP contribution in [-0.4, -0.2) is 70.0 Å². The first kappa shape index (κ1) is 49.0. The number of ether oxygens (including phenoxy) is 2. The van der Waals surface area contributed by atoms with Crippen LogP contribution in [0.4, 0.5) is 0 Å². The molecule has 0 radical (unpaired) electrons. The van der Waals surface area contributed by atoms with E-state index in [1.807, 2.05) is 21.1 Å². The first-order valence-electron chi connectivity index (χ1n) is 20.7. The van der Waals surface area contributed by atoms with Crippen LogP contribution in [0, 0.1) is 0 Å². The second kappa shape index (κ2) is 33.8. The molecule has 0 aliphatic rings. The third-order valence-corrected chi connectivity index (χ3v) is 10.1. The van der Waals surface area contributed by atoms with Gasteiger partial charge in [0.2, 0.25) is 0 Å². The Morgan fingerprint density at radius 3 is 1.28 bits per heavy atom. The van der Waals surface area contributed by atoms with Crippen LogP contribution < -0.4 is 4.89 Å². The average molecular weight is 734 g/mol. The maximum absolute atomic E-state index is 12.6. The minimum atomic E-state index is -4.61. The van der Waals surface area contributed by atoms with Gasteiger partial charge in [0.15, 0.2) is 6.10 Å². The number of rotatable bonds is 38. The highest BCUT2D eigenvalue weighted by atomic mass is 31.2. The molecule has 0 aromatic rings. The van der Waals surface area contributed by atoms with E-state index in [1.54, 1.807) is 0 Å². The molecular weight excluding hydrogens is 653 g/mol. The number of phosphoric acid groups is 1. The van der Waals surface area contributed by atoms with Crippen molar-refractivity contribution in [1.82, 2.24) is 0 Å². The highest BCUT2D eigenvalue weighted by Gasteiger charge is 2.21. The number of unbranched alkanes of at least 4 members (excludes halogenated alkanes) is 24. The predicted octanol–water partition coefficient (Wildman–Crippen LogP) is 10.6. The lowest BCUT2D eigenvalue weighted by Gasteiger charge is -2.28. The van der Waals surface area contributed by atoms with Crippen molar-refractivity contribution in [3.05, 3.63) is 0 Å². The number of esters is 2. The molecule has 0 heterocycles. The summed E-state index contributed by atoms with van der Waals surface area (Å²) >= 11 is 0. The molecular formula is C40H80NO8P. The number of carbonyl (C=O) groups excluding carboxylic acids is 2. The zero-order valence-electron chi connectivity index (χ0n) is 33.4. The number of phosphoric ester groups is 1. The molecule has 0 bridgehead atoms. The molecule has 10 heteroatoms. The smallest absolute Gasteiger partial charge is 0.306 e. The Hall–Kier alpha value is -0.990. The molecule has 0 saturated heterocycles. The van der Waals surface area contributed by atoms with Gasteiger partial charge >= 0.3 is 11.9 Å². The zero-order valence-corrected chi connectivity index (χ0v) is 34.3. The molecule has 0 aromatic heterocycles. The molecule has 0 spiro atoms. The van der Waals surface area contributed by atoms with E-state index in [0.717, 1.165) is 32.1 Å². The van der Waals surface area contributed by atoms with Crippen molar-refractivity contribution < 1.29 is 42.1 Å². The summed E-state index contributed by atoms with van der Waals surface area (Å²) in [5, 5.41) is 0. The van der Waals surface area contributed by atoms with E-state index in [0.29, 0.717) is 17.4 Å². The first-order chi connectivity index (χ1) is 24.0. The van der Waals surface area contributed by atoms with Crippen molar-refractivity contribution in [3.8, 4) is 0 Å². The standard InChI is InChI=1S/C40H80NO8P/c1-6-8-10-12-14-16-18-20-21-23-25-27-29-31-33-40(43)49-38(37-48-50(44,45)47-35-34-41(3,4)5)36-46-39(42)32-30-28-26-24-22-19-17-15-13-11-9-7-2/h38H,6-37H2,1-5H3. The molecule has 0 saturated carbocycles. The third-order valence-electron chi connectivity index (χ3n) is 9.13. The summed E-state index contributed by atoms with van der Waals surface area (Å²) in [5.74, 6) is -0.823.